The average molecular weight is 255 g/mol. The molecule has 4 heteroatoms. The molecule has 0 unspecified atom stereocenters. The number of hydrogen-bond donors (Lipinski definition) is 0. The number of thiophene rings is 1. The summed E-state index contributed by atoms with van der Waals surface area (Å²) in [4.78, 5) is 16.1. The molecule has 1 heterocycles. The summed E-state index contributed by atoms with van der Waals surface area (Å²) >= 11 is 1.86. The van der Waals surface area contributed by atoms with Gasteiger partial charge in [0.1, 0.15) is 0 Å². The van der Waals surface area contributed by atoms with Crippen molar-refractivity contribution in [3.05, 3.63) is 21.9 Å². The molecule has 0 saturated carbocycles. The molecule has 0 spiro atoms. The van der Waals surface area contributed by atoms with Gasteiger partial charge in [-0.1, -0.05) is 13.8 Å². The van der Waals surface area contributed by atoms with E-state index in [1.54, 1.807) is 0 Å². The number of carbonyl (C=O) groups is 1. The van der Waals surface area contributed by atoms with Gasteiger partial charge in [-0.3, -0.25) is 9.69 Å². The zero-order chi connectivity index (χ0) is 12.7. The van der Waals surface area contributed by atoms with Crippen LogP contribution >= 0.6 is 11.3 Å². The minimum atomic E-state index is -0.135. The maximum absolute atomic E-state index is 11.1. The van der Waals surface area contributed by atoms with Gasteiger partial charge in [0.25, 0.3) is 0 Å². The van der Waals surface area contributed by atoms with Gasteiger partial charge in [0, 0.05) is 22.8 Å². The van der Waals surface area contributed by atoms with E-state index in [4.69, 9.17) is 0 Å². The molecular formula is C13H21NO2S. The molecule has 17 heavy (non-hydrogen) atoms. The molecule has 0 aliphatic heterocycles. The highest BCUT2D eigenvalue weighted by molar-refractivity contribution is 7.11. The average Bonchev–Trinajstić information content (AvgIpc) is 2.81. The van der Waals surface area contributed by atoms with Gasteiger partial charge in [-0.2, -0.15) is 0 Å². The maximum atomic E-state index is 11.1. The second-order valence-corrected chi connectivity index (χ2v) is 5.17. The number of esters is 1. The van der Waals surface area contributed by atoms with E-state index in [1.165, 1.54) is 16.9 Å². The zero-order valence-corrected chi connectivity index (χ0v) is 11.7. The molecule has 0 atom stereocenters. The first-order chi connectivity index (χ1) is 8.19. The summed E-state index contributed by atoms with van der Waals surface area (Å²) < 4.78 is 4.65. The van der Waals surface area contributed by atoms with Crippen molar-refractivity contribution in [3.8, 4) is 0 Å². The van der Waals surface area contributed by atoms with Crippen molar-refractivity contribution < 1.29 is 9.53 Å². The largest absolute Gasteiger partial charge is 0.469 e. The molecule has 0 amide bonds. The van der Waals surface area contributed by atoms with Crippen LogP contribution in [0, 0.1) is 0 Å². The van der Waals surface area contributed by atoms with E-state index in [2.05, 4.69) is 35.6 Å². The first kappa shape index (κ1) is 14.2. The Morgan fingerprint density at radius 1 is 1.35 bits per heavy atom. The first-order valence-electron chi connectivity index (χ1n) is 6.06. The fraction of sp³-hybridized carbons (Fsp3) is 0.615. The third-order valence-corrected chi connectivity index (χ3v) is 3.97. The minimum absolute atomic E-state index is 0.135. The number of carbonyl (C=O) groups excluding carboxylic acids is 1. The van der Waals surface area contributed by atoms with E-state index in [0.29, 0.717) is 6.42 Å². The number of rotatable bonds is 7. The molecule has 0 saturated heterocycles. The van der Waals surface area contributed by atoms with E-state index in [9.17, 15) is 4.79 Å². The Bertz CT molecular complexity index is 349. The van der Waals surface area contributed by atoms with Gasteiger partial charge in [-0.05, 0) is 25.1 Å². The fourth-order valence-electron chi connectivity index (χ4n) is 1.62. The van der Waals surface area contributed by atoms with Crippen LogP contribution in [0.2, 0.25) is 0 Å². The van der Waals surface area contributed by atoms with Gasteiger partial charge in [0.05, 0.1) is 13.5 Å². The Balaban J connectivity index is 2.43. The van der Waals surface area contributed by atoms with Crippen LogP contribution in [0.15, 0.2) is 12.1 Å². The van der Waals surface area contributed by atoms with Crippen LogP contribution in [0.5, 0.6) is 0 Å². The standard InChI is InChI=1S/C13H21NO2S/c1-4-11-6-7-12(17-11)10-14(5-2)9-8-13(15)16-3/h6-7H,4-5,8-10H2,1-3H3. The SMILES string of the molecule is CCc1ccc(CN(CC)CCC(=O)OC)s1. The third-order valence-electron chi connectivity index (χ3n) is 2.75. The highest BCUT2D eigenvalue weighted by Gasteiger charge is 2.08. The molecule has 0 aliphatic carbocycles. The highest BCUT2D eigenvalue weighted by Crippen LogP contribution is 2.18. The molecule has 0 bridgehead atoms. The number of methoxy groups -OCH3 is 1. The summed E-state index contributed by atoms with van der Waals surface area (Å²) in [7, 11) is 1.44. The Kier molecular flexibility index (Phi) is 6.22. The van der Waals surface area contributed by atoms with Crippen molar-refractivity contribution in [2.24, 2.45) is 0 Å². The van der Waals surface area contributed by atoms with Crippen molar-refractivity contribution in [1.82, 2.24) is 4.90 Å². The molecule has 96 valence electrons. The number of nitrogens with zero attached hydrogens (tertiary/aromatic N) is 1. The Hall–Kier alpha value is -0.870. The fourth-order valence-corrected chi connectivity index (χ4v) is 2.62. The first-order valence-corrected chi connectivity index (χ1v) is 6.88. The molecular weight excluding hydrogens is 234 g/mol. The Morgan fingerprint density at radius 2 is 2.06 bits per heavy atom. The van der Waals surface area contributed by atoms with Crippen molar-refractivity contribution in [2.45, 2.75) is 33.2 Å². The van der Waals surface area contributed by atoms with Gasteiger partial charge < -0.3 is 4.74 Å². The predicted molar refractivity (Wildman–Crippen MR) is 71.3 cm³/mol. The van der Waals surface area contributed by atoms with Gasteiger partial charge in [0.2, 0.25) is 0 Å². The van der Waals surface area contributed by atoms with Crippen LogP contribution < -0.4 is 0 Å². The van der Waals surface area contributed by atoms with Crippen LogP contribution in [0.4, 0.5) is 0 Å². The van der Waals surface area contributed by atoms with Crippen molar-refractivity contribution >= 4 is 17.3 Å². The summed E-state index contributed by atoms with van der Waals surface area (Å²) in [6.07, 6.45) is 1.56. The summed E-state index contributed by atoms with van der Waals surface area (Å²) in [5.74, 6) is -0.135. The second kappa shape index (κ2) is 7.45. The zero-order valence-electron chi connectivity index (χ0n) is 10.9. The van der Waals surface area contributed by atoms with Gasteiger partial charge in [0.15, 0.2) is 0 Å². The molecule has 0 aliphatic rings. The second-order valence-electron chi connectivity index (χ2n) is 3.92. The number of hydrogen-bond acceptors (Lipinski definition) is 4. The molecule has 0 aromatic carbocycles. The van der Waals surface area contributed by atoms with E-state index < -0.39 is 0 Å². The van der Waals surface area contributed by atoms with Gasteiger partial charge >= 0.3 is 5.97 Å². The maximum Gasteiger partial charge on any atom is 0.306 e. The highest BCUT2D eigenvalue weighted by atomic mass is 32.1. The van der Waals surface area contributed by atoms with Crippen LogP contribution in [-0.2, 0) is 22.5 Å². The lowest BCUT2D eigenvalue weighted by atomic mass is 10.3. The lowest BCUT2D eigenvalue weighted by Crippen LogP contribution is -2.25. The molecule has 1 aromatic rings. The van der Waals surface area contributed by atoms with Crippen molar-refractivity contribution in [1.29, 1.82) is 0 Å². The number of aryl methyl sites for hydroxylation is 1. The topological polar surface area (TPSA) is 29.5 Å². The molecule has 0 fully saturated rings. The monoisotopic (exact) mass is 255 g/mol. The van der Waals surface area contributed by atoms with Gasteiger partial charge in [-0.15, -0.1) is 11.3 Å². The lowest BCUT2D eigenvalue weighted by molar-refractivity contribution is -0.141. The summed E-state index contributed by atoms with van der Waals surface area (Å²) in [6.45, 7) is 6.94. The van der Waals surface area contributed by atoms with Crippen LogP contribution in [0.1, 0.15) is 30.0 Å². The van der Waals surface area contributed by atoms with E-state index in [0.717, 1.165) is 26.1 Å². The molecule has 0 radical (unpaired) electrons. The molecule has 1 rings (SSSR count). The lowest BCUT2D eigenvalue weighted by Gasteiger charge is -2.18. The Morgan fingerprint density at radius 3 is 2.59 bits per heavy atom. The predicted octanol–water partition coefficient (Wildman–Crippen LogP) is 2.70. The third kappa shape index (κ3) is 4.88. The van der Waals surface area contributed by atoms with E-state index in [1.807, 2.05) is 11.3 Å². The van der Waals surface area contributed by atoms with Crippen LogP contribution in [0.25, 0.3) is 0 Å². The van der Waals surface area contributed by atoms with E-state index >= 15 is 0 Å². The normalized spacial score (nSPS) is 10.8. The quantitative estimate of drug-likeness (QED) is 0.702. The van der Waals surface area contributed by atoms with Crippen molar-refractivity contribution in [3.63, 3.8) is 0 Å². The molecule has 0 N–H and O–H groups in total. The van der Waals surface area contributed by atoms with E-state index in [-0.39, 0.29) is 5.97 Å². The minimum Gasteiger partial charge on any atom is -0.469 e. The number of ether oxygens (including phenoxy) is 1. The van der Waals surface area contributed by atoms with Crippen LogP contribution in [0.3, 0.4) is 0 Å². The van der Waals surface area contributed by atoms with Crippen molar-refractivity contribution in [2.75, 3.05) is 20.2 Å². The van der Waals surface area contributed by atoms with Crippen LogP contribution in [-0.4, -0.2) is 31.1 Å². The molecule has 3 nitrogen and oxygen atoms in total. The molecule has 1 aromatic heterocycles. The van der Waals surface area contributed by atoms with Gasteiger partial charge in [-0.25, -0.2) is 0 Å². The summed E-state index contributed by atoms with van der Waals surface area (Å²) in [5.41, 5.74) is 0. The summed E-state index contributed by atoms with van der Waals surface area (Å²) in [5, 5.41) is 0. The summed E-state index contributed by atoms with van der Waals surface area (Å²) in [6, 6.07) is 4.37. The smallest absolute Gasteiger partial charge is 0.306 e. The Labute approximate surface area is 107 Å².